The Hall–Kier alpha value is -2.01. The lowest BCUT2D eigenvalue weighted by Gasteiger charge is -2.14. The SMILES string of the molecule is Cc1nc(-c2csc(S(=O)(=O)N(C)Cc3ccco3)c2)sc1C(=O)N1CCCC1. The zero-order valence-corrected chi connectivity index (χ0v) is 18.6. The molecule has 1 aliphatic heterocycles. The van der Waals surface area contributed by atoms with Crippen LogP contribution in [-0.2, 0) is 16.6 Å². The van der Waals surface area contributed by atoms with E-state index in [-0.39, 0.29) is 16.7 Å². The first-order valence-electron chi connectivity index (χ1n) is 9.20. The molecule has 0 N–H and O–H groups in total. The Labute approximate surface area is 177 Å². The largest absolute Gasteiger partial charge is 0.468 e. The topological polar surface area (TPSA) is 83.7 Å². The smallest absolute Gasteiger partial charge is 0.265 e. The first kappa shape index (κ1) is 20.3. The number of hydrogen-bond donors (Lipinski definition) is 0. The van der Waals surface area contributed by atoms with Gasteiger partial charge in [0.2, 0.25) is 0 Å². The number of sulfonamides is 1. The molecule has 0 aromatic carbocycles. The lowest BCUT2D eigenvalue weighted by atomic mass is 10.3. The summed E-state index contributed by atoms with van der Waals surface area (Å²) in [5, 5.41) is 2.44. The molecule has 7 nitrogen and oxygen atoms in total. The number of thiophene rings is 1. The number of aromatic nitrogens is 1. The summed E-state index contributed by atoms with van der Waals surface area (Å²) in [5.41, 5.74) is 1.40. The fourth-order valence-electron chi connectivity index (χ4n) is 3.21. The van der Waals surface area contributed by atoms with Gasteiger partial charge in [0.15, 0.2) is 0 Å². The highest BCUT2D eigenvalue weighted by Gasteiger charge is 2.27. The fraction of sp³-hybridized carbons (Fsp3) is 0.368. The molecular formula is C19H21N3O4S3. The molecule has 4 rings (SSSR count). The minimum atomic E-state index is -3.64. The van der Waals surface area contributed by atoms with E-state index in [1.54, 1.807) is 23.6 Å². The molecule has 1 saturated heterocycles. The molecule has 0 spiro atoms. The Morgan fingerprint density at radius 1 is 1.34 bits per heavy atom. The number of rotatable bonds is 6. The van der Waals surface area contributed by atoms with Crippen molar-refractivity contribution in [2.45, 2.75) is 30.5 Å². The summed E-state index contributed by atoms with van der Waals surface area (Å²) in [5.74, 6) is 0.596. The highest BCUT2D eigenvalue weighted by Crippen LogP contribution is 2.34. The number of hydrogen-bond acceptors (Lipinski definition) is 7. The summed E-state index contributed by atoms with van der Waals surface area (Å²) in [6.07, 6.45) is 3.59. The molecule has 10 heteroatoms. The number of furan rings is 1. The molecule has 0 aliphatic carbocycles. The van der Waals surface area contributed by atoms with Crippen LogP contribution in [-0.4, -0.2) is 48.7 Å². The van der Waals surface area contributed by atoms with Crippen LogP contribution in [0.3, 0.4) is 0 Å². The van der Waals surface area contributed by atoms with Crippen LogP contribution in [0.1, 0.15) is 34.0 Å². The van der Waals surface area contributed by atoms with Gasteiger partial charge in [-0.3, -0.25) is 4.79 Å². The van der Waals surface area contributed by atoms with Crippen LogP contribution in [0.5, 0.6) is 0 Å². The van der Waals surface area contributed by atoms with Gasteiger partial charge in [0.25, 0.3) is 15.9 Å². The van der Waals surface area contributed by atoms with Gasteiger partial charge in [-0.1, -0.05) is 0 Å². The number of thiazole rings is 1. The van der Waals surface area contributed by atoms with E-state index in [0.29, 0.717) is 26.9 Å². The van der Waals surface area contributed by atoms with E-state index in [0.717, 1.165) is 37.3 Å². The molecule has 1 aliphatic rings. The van der Waals surface area contributed by atoms with Gasteiger partial charge < -0.3 is 9.32 Å². The normalized spacial score (nSPS) is 14.8. The molecule has 0 atom stereocenters. The number of carbonyl (C=O) groups excluding carboxylic acids is 1. The molecule has 0 unspecified atom stereocenters. The van der Waals surface area contributed by atoms with E-state index in [9.17, 15) is 13.2 Å². The lowest BCUT2D eigenvalue weighted by Crippen LogP contribution is -2.27. The number of amides is 1. The maximum atomic E-state index is 12.9. The van der Waals surface area contributed by atoms with Gasteiger partial charge in [-0.25, -0.2) is 13.4 Å². The second-order valence-electron chi connectivity index (χ2n) is 6.93. The average Bonchev–Trinajstić information content (AvgIpc) is 3.46. The minimum Gasteiger partial charge on any atom is -0.468 e. The van der Waals surface area contributed by atoms with Crippen LogP contribution in [0.4, 0.5) is 0 Å². The second kappa shape index (κ2) is 8.02. The highest BCUT2D eigenvalue weighted by molar-refractivity contribution is 7.91. The van der Waals surface area contributed by atoms with Gasteiger partial charge in [-0.05, 0) is 38.0 Å². The predicted octanol–water partition coefficient (Wildman–Crippen LogP) is 3.83. The molecule has 0 bridgehead atoms. The van der Waals surface area contributed by atoms with Gasteiger partial charge in [0.05, 0.1) is 18.5 Å². The van der Waals surface area contributed by atoms with Crippen LogP contribution in [0.25, 0.3) is 10.6 Å². The van der Waals surface area contributed by atoms with Gasteiger partial charge >= 0.3 is 0 Å². The zero-order chi connectivity index (χ0) is 20.6. The third-order valence-corrected chi connectivity index (χ3v) is 9.24. The molecule has 0 saturated carbocycles. The van der Waals surface area contributed by atoms with Crippen LogP contribution < -0.4 is 0 Å². The Balaban J connectivity index is 1.56. The quantitative estimate of drug-likeness (QED) is 0.569. The molecule has 0 radical (unpaired) electrons. The maximum Gasteiger partial charge on any atom is 0.265 e. The van der Waals surface area contributed by atoms with E-state index in [1.807, 2.05) is 11.8 Å². The minimum absolute atomic E-state index is 0.0185. The Morgan fingerprint density at radius 2 is 2.10 bits per heavy atom. The van der Waals surface area contributed by atoms with E-state index in [2.05, 4.69) is 4.98 Å². The summed E-state index contributed by atoms with van der Waals surface area (Å²) in [6.45, 7) is 3.56. The van der Waals surface area contributed by atoms with E-state index >= 15 is 0 Å². The Morgan fingerprint density at radius 3 is 2.79 bits per heavy atom. The number of aryl methyl sites for hydroxylation is 1. The Bertz CT molecular complexity index is 1110. The summed E-state index contributed by atoms with van der Waals surface area (Å²) in [7, 11) is -2.12. The molecular weight excluding hydrogens is 430 g/mol. The van der Waals surface area contributed by atoms with Crippen molar-refractivity contribution in [1.29, 1.82) is 0 Å². The van der Waals surface area contributed by atoms with Crippen molar-refractivity contribution in [3.63, 3.8) is 0 Å². The highest BCUT2D eigenvalue weighted by atomic mass is 32.2. The third kappa shape index (κ3) is 4.02. The van der Waals surface area contributed by atoms with E-state index < -0.39 is 10.0 Å². The van der Waals surface area contributed by atoms with E-state index in [4.69, 9.17) is 4.42 Å². The number of carbonyl (C=O) groups is 1. The first-order chi connectivity index (χ1) is 13.9. The number of nitrogens with zero attached hydrogens (tertiary/aromatic N) is 3. The molecule has 3 aromatic heterocycles. The van der Waals surface area contributed by atoms with Crippen LogP contribution in [0.2, 0.25) is 0 Å². The van der Waals surface area contributed by atoms with Crippen molar-refractivity contribution in [1.82, 2.24) is 14.2 Å². The lowest BCUT2D eigenvalue weighted by molar-refractivity contribution is 0.0796. The van der Waals surface area contributed by atoms with Gasteiger partial charge in [-0.15, -0.1) is 22.7 Å². The molecule has 1 amide bonds. The summed E-state index contributed by atoms with van der Waals surface area (Å²) in [4.78, 5) is 19.7. The van der Waals surface area contributed by atoms with Crippen LogP contribution in [0, 0.1) is 6.92 Å². The van der Waals surface area contributed by atoms with Crippen LogP contribution in [0.15, 0.2) is 38.5 Å². The third-order valence-electron chi connectivity index (χ3n) is 4.83. The Kier molecular flexibility index (Phi) is 5.60. The van der Waals surface area contributed by atoms with Crippen LogP contribution >= 0.6 is 22.7 Å². The predicted molar refractivity (Wildman–Crippen MR) is 113 cm³/mol. The maximum absolute atomic E-state index is 12.9. The van der Waals surface area contributed by atoms with Crippen molar-refractivity contribution in [3.05, 3.63) is 46.2 Å². The molecule has 154 valence electrons. The zero-order valence-electron chi connectivity index (χ0n) is 16.1. The molecule has 29 heavy (non-hydrogen) atoms. The molecule has 4 heterocycles. The second-order valence-corrected chi connectivity index (χ2v) is 11.1. The van der Waals surface area contributed by atoms with Gasteiger partial charge in [0.1, 0.15) is 19.9 Å². The molecule has 1 fully saturated rings. The molecule has 3 aromatic rings. The van der Waals surface area contributed by atoms with Crippen molar-refractivity contribution in [3.8, 4) is 10.6 Å². The standard InChI is InChI=1S/C19H21N3O4S3/c1-13-17(19(23)22-7-3-4-8-22)28-18(20-13)14-10-16(27-12-14)29(24,25)21(2)11-15-6-5-9-26-15/h5-6,9-10,12H,3-4,7-8,11H2,1-2H3. The first-order valence-corrected chi connectivity index (χ1v) is 12.3. The average molecular weight is 452 g/mol. The number of likely N-dealkylation sites (tertiary alicyclic amines) is 1. The van der Waals surface area contributed by atoms with Gasteiger partial charge in [0, 0.05) is 31.1 Å². The summed E-state index contributed by atoms with van der Waals surface area (Å²) in [6, 6.07) is 5.09. The van der Waals surface area contributed by atoms with Crippen molar-refractivity contribution < 1.29 is 17.6 Å². The van der Waals surface area contributed by atoms with Gasteiger partial charge in [-0.2, -0.15) is 4.31 Å². The summed E-state index contributed by atoms with van der Waals surface area (Å²) < 4.78 is 32.5. The van der Waals surface area contributed by atoms with E-state index in [1.165, 1.54) is 29.0 Å². The van der Waals surface area contributed by atoms with Crippen molar-refractivity contribution in [2.24, 2.45) is 0 Å². The van der Waals surface area contributed by atoms with Crippen molar-refractivity contribution >= 4 is 38.6 Å². The van der Waals surface area contributed by atoms with Crippen molar-refractivity contribution in [2.75, 3.05) is 20.1 Å². The summed E-state index contributed by atoms with van der Waals surface area (Å²) >= 11 is 2.48. The fourth-order valence-corrected chi connectivity index (χ4v) is 6.81. The monoisotopic (exact) mass is 451 g/mol.